The molecule has 14 heavy (non-hydrogen) atoms. The second kappa shape index (κ2) is 3.38. The molecule has 1 aliphatic heterocycles. The Morgan fingerprint density at radius 1 is 1.36 bits per heavy atom. The fraction of sp³-hybridized carbons (Fsp3) is 0.400. The van der Waals surface area contributed by atoms with Crippen molar-refractivity contribution in [3.05, 3.63) is 33.3 Å². The lowest BCUT2D eigenvalue weighted by Gasteiger charge is -2.38. The lowest BCUT2D eigenvalue weighted by atomic mass is 9.89. The molecular formula is C10H10Cl2O2. The predicted molar refractivity (Wildman–Crippen MR) is 55.9 cm³/mol. The molecule has 1 aromatic rings. The lowest BCUT2D eigenvalue weighted by molar-refractivity contribution is -0.184. The van der Waals surface area contributed by atoms with Crippen LogP contribution < -0.4 is 0 Å². The Hall–Kier alpha value is -0.280. The van der Waals surface area contributed by atoms with Gasteiger partial charge < -0.3 is 9.84 Å². The van der Waals surface area contributed by atoms with Crippen LogP contribution in [0.4, 0.5) is 0 Å². The first kappa shape index (κ1) is 10.2. The molecule has 0 saturated carbocycles. The minimum Gasteiger partial charge on any atom is -0.380 e. The van der Waals surface area contributed by atoms with Gasteiger partial charge in [0.25, 0.3) is 0 Å². The summed E-state index contributed by atoms with van der Waals surface area (Å²) >= 11 is 11.8. The van der Waals surface area contributed by atoms with Crippen molar-refractivity contribution >= 4 is 23.2 Å². The highest BCUT2D eigenvalue weighted by molar-refractivity contribution is 6.35. The van der Waals surface area contributed by atoms with Crippen molar-refractivity contribution in [1.29, 1.82) is 0 Å². The van der Waals surface area contributed by atoms with E-state index in [1.165, 1.54) is 0 Å². The number of hydrogen-bond acceptors (Lipinski definition) is 2. The van der Waals surface area contributed by atoms with E-state index in [1.807, 2.05) is 6.92 Å². The van der Waals surface area contributed by atoms with Crippen LogP contribution >= 0.6 is 23.2 Å². The summed E-state index contributed by atoms with van der Waals surface area (Å²) in [5, 5.41) is 11.2. The predicted octanol–water partition coefficient (Wildman–Crippen LogP) is 2.52. The van der Waals surface area contributed by atoms with Gasteiger partial charge in [0.15, 0.2) is 0 Å². The quantitative estimate of drug-likeness (QED) is 0.807. The average molecular weight is 233 g/mol. The van der Waals surface area contributed by atoms with Crippen LogP contribution in [0.3, 0.4) is 0 Å². The van der Waals surface area contributed by atoms with Gasteiger partial charge in [-0.05, 0) is 30.2 Å². The number of benzene rings is 1. The third-order valence-electron chi connectivity index (χ3n) is 2.49. The van der Waals surface area contributed by atoms with Crippen LogP contribution in [0.5, 0.6) is 0 Å². The van der Waals surface area contributed by atoms with Gasteiger partial charge in [0.05, 0.1) is 13.2 Å². The second-order valence-electron chi connectivity index (χ2n) is 3.58. The molecule has 0 unspecified atom stereocenters. The van der Waals surface area contributed by atoms with Gasteiger partial charge in [0.2, 0.25) is 0 Å². The first-order chi connectivity index (χ1) is 6.53. The summed E-state index contributed by atoms with van der Waals surface area (Å²) < 4.78 is 4.99. The molecule has 76 valence electrons. The van der Waals surface area contributed by atoms with Crippen molar-refractivity contribution in [2.75, 3.05) is 13.2 Å². The maximum atomic E-state index is 10.1. The van der Waals surface area contributed by atoms with E-state index in [4.69, 9.17) is 27.9 Å². The van der Waals surface area contributed by atoms with Gasteiger partial charge in [0, 0.05) is 10.0 Å². The fourth-order valence-electron chi connectivity index (χ4n) is 1.58. The molecule has 0 radical (unpaired) electrons. The van der Waals surface area contributed by atoms with Crippen LogP contribution in [-0.2, 0) is 10.3 Å². The Kier molecular flexibility index (Phi) is 2.48. The monoisotopic (exact) mass is 232 g/mol. The summed E-state index contributed by atoms with van der Waals surface area (Å²) in [6, 6.07) is 3.41. The second-order valence-corrected chi connectivity index (χ2v) is 4.43. The van der Waals surface area contributed by atoms with Crippen LogP contribution in [0.2, 0.25) is 10.0 Å². The lowest BCUT2D eigenvalue weighted by Crippen LogP contribution is -2.47. The maximum absolute atomic E-state index is 10.1. The number of halogens is 2. The molecule has 2 nitrogen and oxygen atoms in total. The van der Waals surface area contributed by atoms with E-state index in [0.717, 1.165) is 11.1 Å². The van der Waals surface area contributed by atoms with Gasteiger partial charge in [-0.25, -0.2) is 0 Å². The smallest absolute Gasteiger partial charge is 0.136 e. The highest BCUT2D eigenvalue weighted by atomic mass is 35.5. The van der Waals surface area contributed by atoms with Crippen molar-refractivity contribution in [2.45, 2.75) is 12.5 Å². The summed E-state index contributed by atoms with van der Waals surface area (Å²) in [5.41, 5.74) is 0.724. The molecule has 1 aromatic carbocycles. The number of rotatable bonds is 1. The molecule has 1 heterocycles. The molecule has 0 amide bonds. The van der Waals surface area contributed by atoms with E-state index in [1.54, 1.807) is 12.1 Å². The summed E-state index contributed by atoms with van der Waals surface area (Å²) in [7, 11) is 0. The van der Waals surface area contributed by atoms with Crippen molar-refractivity contribution in [1.82, 2.24) is 0 Å². The Morgan fingerprint density at radius 2 is 2.00 bits per heavy atom. The molecule has 0 aliphatic carbocycles. The molecule has 4 heteroatoms. The number of aliphatic hydroxyl groups is 1. The van der Waals surface area contributed by atoms with Gasteiger partial charge in [0.1, 0.15) is 5.60 Å². The highest BCUT2D eigenvalue weighted by Crippen LogP contribution is 2.36. The molecule has 0 aromatic heterocycles. The number of hydrogen-bond donors (Lipinski definition) is 1. The van der Waals surface area contributed by atoms with E-state index >= 15 is 0 Å². The zero-order valence-corrected chi connectivity index (χ0v) is 9.19. The van der Waals surface area contributed by atoms with E-state index < -0.39 is 5.60 Å². The van der Waals surface area contributed by atoms with Gasteiger partial charge in [-0.3, -0.25) is 0 Å². The first-order valence-corrected chi connectivity index (χ1v) is 5.05. The van der Waals surface area contributed by atoms with Gasteiger partial charge >= 0.3 is 0 Å². The Morgan fingerprint density at radius 3 is 2.50 bits per heavy atom. The standard InChI is InChI=1S/C10H10Cl2O2/c1-6-8(10(13)4-14-5-10)2-7(11)3-9(6)12/h2-3,13H,4-5H2,1H3. The molecule has 0 atom stereocenters. The van der Waals surface area contributed by atoms with E-state index in [0.29, 0.717) is 23.3 Å². The van der Waals surface area contributed by atoms with Crippen LogP contribution in [0.25, 0.3) is 0 Å². The van der Waals surface area contributed by atoms with Crippen molar-refractivity contribution in [3.8, 4) is 0 Å². The third-order valence-corrected chi connectivity index (χ3v) is 3.10. The van der Waals surface area contributed by atoms with Crippen molar-refractivity contribution in [2.24, 2.45) is 0 Å². The Bertz CT molecular complexity index is 373. The third kappa shape index (κ3) is 1.52. The highest BCUT2D eigenvalue weighted by Gasteiger charge is 2.39. The van der Waals surface area contributed by atoms with Gasteiger partial charge in [-0.15, -0.1) is 0 Å². The molecule has 1 aliphatic rings. The van der Waals surface area contributed by atoms with Gasteiger partial charge in [-0.1, -0.05) is 23.2 Å². The SMILES string of the molecule is Cc1c(Cl)cc(Cl)cc1C1(O)COC1. The zero-order valence-electron chi connectivity index (χ0n) is 7.68. The molecule has 1 saturated heterocycles. The van der Waals surface area contributed by atoms with E-state index in [2.05, 4.69) is 0 Å². The molecule has 1 N–H and O–H groups in total. The first-order valence-electron chi connectivity index (χ1n) is 4.29. The Balaban J connectivity index is 2.51. The molecular weight excluding hydrogens is 223 g/mol. The van der Waals surface area contributed by atoms with Crippen molar-refractivity contribution in [3.63, 3.8) is 0 Å². The minimum atomic E-state index is -0.904. The summed E-state index contributed by atoms with van der Waals surface area (Å²) in [4.78, 5) is 0. The topological polar surface area (TPSA) is 29.5 Å². The largest absolute Gasteiger partial charge is 0.380 e. The average Bonchev–Trinajstić information content (AvgIpc) is 2.07. The Labute approximate surface area is 92.4 Å². The normalized spacial score (nSPS) is 19.1. The summed E-state index contributed by atoms with van der Waals surface area (Å²) in [5.74, 6) is 0. The number of ether oxygens (including phenoxy) is 1. The van der Waals surface area contributed by atoms with E-state index in [-0.39, 0.29) is 0 Å². The maximum Gasteiger partial charge on any atom is 0.136 e. The van der Waals surface area contributed by atoms with Crippen molar-refractivity contribution < 1.29 is 9.84 Å². The molecule has 1 fully saturated rings. The van der Waals surface area contributed by atoms with Crippen LogP contribution in [0.15, 0.2) is 12.1 Å². The van der Waals surface area contributed by atoms with Crippen LogP contribution in [0.1, 0.15) is 11.1 Å². The molecule has 0 bridgehead atoms. The van der Waals surface area contributed by atoms with Gasteiger partial charge in [-0.2, -0.15) is 0 Å². The summed E-state index contributed by atoms with van der Waals surface area (Å²) in [6.07, 6.45) is 0. The fourth-order valence-corrected chi connectivity index (χ4v) is 2.07. The molecule has 2 rings (SSSR count). The summed E-state index contributed by atoms with van der Waals surface area (Å²) in [6.45, 7) is 2.49. The van der Waals surface area contributed by atoms with Crippen LogP contribution in [0, 0.1) is 6.92 Å². The van der Waals surface area contributed by atoms with E-state index in [9.17, 15) is 5.11 Å². The zero-order chi connectivity index (χ0) is 10.3. The van der Waals surface area contributed by atoms with Crippen LogP contribution in [-0.4, -0.2) is 18.3 Å². The molecule has 0 spiro atoms. The minimum absolute atomic E-state index is 0.310.